The minimum atomic E-state index is -0.695. The quantitative estimate of drug-likeness (QED) is 0.367. The number of carbonyl (C=O) groups is 1. The molecule has 3 heterocycles. The zero-order valence-corrected chi connectivity index (χ0v) is 22.7. The summed E-state index contributed by atoms with van der Waals surface area (Å²) in [5.41, 5.74) is 0.753. The van der Waals surface area contributed by atoms with Crippen LogP contribution in [-0.2, 0) is 4.74 Å². The molecule has 204 valence electrons. The molecule has 1 atom stereocenters. The lowest BCUT2D eigenvalue weighted by Gasteiger charge is -2.24. The second kappa shape index (κ2) is 10.7. The van der Waals surface area contributed by atoms with Gasteiger partial charge in [-0.05, 0) is 57.7 Å². The van der Waals surface area contributed by atoms with Crippen LogP contribution >= 0.6 is 11.6 Å². The molecule has 1 saturated carbocycles. The number of pyridine rings is 2. The second-order valence-electron chi connectivity index (χ2n) is 10.7. The maximum Gasteiger partial charge on any atom is 0.410 e. The molecule has 2 aliphatic rings. The third-order valence-electron chi connectivity index (χ3n) is 6.37. The van der Waals surface area contributed by atoms with E-state index in [9.17, 15) is 10.1 Å². The fraction of sp³-hybridized carbons (Fsp3) is 0.429. The van der Waals surface area contributed by atoms with Crippen molar-refractivity contribution in [2.24, 2.45) is 5.92 Å². The molecule has 1 N–H and O–H groups in total. The monoisotopic (exact) mass is 553 g/mol. The molecule has 0 bridgehead atoms. The zero-order chi connectivity index (χ0) is 27.7. The van der Waals surface area contributed by atoms with Crippen LogP contribution in [0.2, 0.25) is 5.02 Å². The Morgan fingerprint density at radius 1 is 1.26 bits per heavy atom. The minimum Gasteiger partial charge on any atom is -0.492 e. The summed E-state index contributed by atoms with van der Waals surface area (Å²) in [6.07, 6.45) is 3.54. The van der Waals surface area contributed by atoms with E-state index in [-0.39, 0.29) is 39.9 Å². The van der Waals surface area contributed by atoms with E-state index in [0.29, 0.717) is 48.9 Å². The van der Waals surface area contributed by atoms with Gasteiger partial charge >= 0.3 is 6.09 Å². The van der Waals surface area contributed by atoms with E-state index >= 15 is 4.39 Å². The maximum absolute atomic E-state index is 15.2. The summed E-state index contributed by atoms with van der Waals surface area (Å²) in [6.45, 7) is 6.82. The largest absolute Gasteiger partial charge is 0.492 e. The zero-order valence-electron chi connectivity index (χ0n) is 22.0. The van der Waals surface area contributed by atoms with Crippen LogP contribution in [0.4, 0.5) is 20.6 Å². The molecular formula is C28H29ClFN5O4. The summed E-state index contributed by atoms with van der Waals surface area (Å²) in [5, 5.41) is 12.6. The topological polar surface area (TPSA) is 110 Å². The molecule has 11 heteroatoms. The number of aromatic nitrogens is 2. The highest BCUT2D eigenvalue weighted by Crippen LogP contribution is 2.37. The Labute approximate surface area is 230 Å². The van der Waals surface area contributed by atoms with Crippen LogP contribution in [0.5, 0.6) is 11.6 Å². The van der Waals surface area contributed by atoms with Gasteiger partial charge in [-0.1, -0.05) is 11.6 Å². The number of likely N-dealkylation sites (tertiary alicyclic amines) is 1. The first-order valence-electron chi connectivity index (χ1n) is 12.8. The number of benzene rings is 1. The number of hydrogen-bond acceptors (Lipinski definition) is 8. The fourth-order valence-corrected chi connectivity index (χ4v) is 4.40. The summed E-state index contributed by atoms with van der Waals surface area (Å²) >= 11 is 6.26. The summed E-state index contributed by atoms with van der Waals surface area (Å²) in [5.74, 6) is 0.369. The average molecular weight is 554 g/mol. The first-order chi connectivity index (χ1) is 18.6. The highest BCUT2D eigenvalue weighted by molar-refractivity contribution is 6.32. The summed E-state index contributed by atoms with van der Waals surface area (Å²) in [7, 11) is 0. The van der Waals surface area contributed by atoms with Gasteiger partial charge in [0.05, 0.1) is 35.6 Å². The Morgan fingerprint density at radius 3 is 2.77 bits per heavy atom. The van der Waals surface area contributed by atoms with Gasteiger partial charge in [0.15, 0.2) is 5.82 Å². The van der Waals surface area contributed by atoms with Crippen molar-refractivity contribution in [1.29, 1.82) is 5.26 Å². The van der Waals surface area contributed by atoms with Crippen molar-refractivity contribution in [3.8, 4) is 17.7 Å². The van der Waals surface area contributed by atoms with E-state index in [2.05, 4.69) is 21.4 Å². The Morgan fingerprint density at radius 2 is 2.05 bits per heavy atom. The highest BCUT2D eigenvalue weighted by Gasteiger charge is 2.31. The molecule has 9 nitrogen and oxygen atoms in total. The predicted molar refractivity (Wildman–Crippen MR) is 144 cm³/mol. The Hall–Kier alpha value is -3.84. The number of carbonyl (C=O) groups excluding carboxylic acids is 1. The molecule has 0 spiro atoms. The van der Waals surface area contributed by atoms with Gasteiger partial charge in [0.2, 0.25) is 5.88 Å². The molecule has 3 aromatic rings. The molecule has 5 rings (SSSR count). The van der Waals surface area contributed by atoms with Gasteiger partial charge in [-0.25, -0.2) is 14.2 Å². The molecule has 0 radical (unpaired) electrons. The molecule has 0 unspecified atom stereocenters. The van der Waals surface area contributed by atoms with E-state index in [4.69, 9.17) is 25.8 Å². The first kappa shape index (κ1) is 26.8. The number of ether oxygens (including phenoxy) is 3. The van der Waals surface area contributed by atoms with Crippen molar-refractivity contribution in [3.05, 3.63) is 46.9 Å². The van der Waals surface area contributed by atoms with Crippen molar-refractivity contribution in [2.45, 2.75) is 51.7 Å². The maximum atomic E-state index is 15.2. The molecule has 1 aliphatic carbocycles. The van der Waals surface area contributed by atoms with Gasteiger partial charge in [-0.3, -0.25) is 4.98 Å². The number of amides is 1. The number of hydrogen-bond donors (Lipinski definition) is 1. The first-order valence-corrected chi connectivity index (χ1v) is 13.2. The van der Waals surface area contributed by atoms with E-state index in [1.807, 2.05) is 20.8 Å². The van der Waals surface area contributed by atoms with Crippen molar-refractivity contribution < 1.29 is 23.4 Å². The van der Waals surface area contributed by atoms with Crippen molar-refractivity contribution in [1.82, 2.24) is 14.9 Å². The van der Waals surface area contributed by atoms with Crippen LogP contribution < -0.4 is 14.8 Å². The van der Waals surface area contributed by atoms with Crippen LogP contribution in [0.1, 0.15) is 45.6 Å². The lowest BCUT2D eigenvalue weighted by molar-refractivity contribution is 0.0275. The van der Waals surface area contributed by atoms with Crippen molar-refractivity contribution in [2.75, 3.05) is 25.0 Å². The third-order valence-corrected chi connectivity index (χ3v) is 6.72. The number of halogens is 2. The van der Waals surface area contributed by atoms with Gasteiger partial charge in [-0.2, -0.15) is 5.26 Å². The lowest BCUT2D eigenvalue weighted by Crippen LogP contribution is -2.36. The summed E-state index contributed by atoms with van der Waals surface area (Å²) < 4.78 is 32.4. The normalized spacial score (nSPS) is 17.1. The fourth-order valence-electron chi connectivity index (χ4n) is 4.18. The molecular weight excluding hydrogens is 525 g/mol. The Bertz CT molecular complexity index is 1450. The molecule has 1 amide bonds. The van der Waals surface area contributed by atoms with Crippen LogP contribution in [-0.4, -0.2) is 52.4 Å². The van der Waals surface area contributed by atoms with Gasteiger partial charge in [0.25, 0.3) is 0 Å². The number of nitrogens with one attached hydrogen (secondary N) is 1. The van der Waals surface area contributed by atoms with E-state index < -0.39 is 11.4 Å². The van der Waals surface area contributed by atoms with Gasteiger partial charge in [0, 0.05) is 25.2 Å². The molecule has 1 saturated heterocycles. The van der Waals surface area contributed by atoms with E-state index in [1.165, 1.54) is 12.3 Å². The number of anilines is 2. The molecule has 1 aromatic carbocycles. The number of rotatable bonds is 7. The van der Waals surface area contributed by atoms with Gasteiger partial charge in [0.1, 0.15) is 34.1 Å². The lowest BCUT2D eigenvalue weighted by atomic mass is 10.1. The SMILES string of the molecule is CC(C)(C)OC(=O)N1CC[C@H](Oc2ccc3ncc(C#N)c(Nc4ccc(OCC5CC5)c(Cl)c4F)c3n2)C1. The van der Waals surface area contributed by atoms with Crippen LogP contribution in [0.15, 0.2) is 30.5 Å². The summed E-state index contributed by atoms with van der Waals surface area (Å²) in [6, 6.07) is 8.58. The average Bonchev–Trinajstić information content (AvgIpc) is 3.61. The Kier molecular flexibility index (Phi) is 7.36. The number of fused-ring (bicyclic) bond motifs is 1. The van der Waals surface area contributed by atoms with E-state index in [1.54, 1.807) is 23.1 Å². The van der Waals surface area contributed by atoms with Crippen LogP contribution in [0.25, 0.3) is 11.0 Å². The molecule has 1 aliphatic heterocycles. The van der Waals surface area contributed by atoms with Gasteiger partial charge < -0.3 is 24.4 Å². The minimum absolute atomic E-state index is 0.0692. The molecule has 39 heavy (non-hydrogen) atoms. The molecule has 2 aromatic heterocycles. The van der Waals surface area contributed by atoms with Crippen molar-refractivity contribution in [3.63, 3.8) is 0 Å². The Balaban J connectivity index is 1.37. The smallest absolute Gasteiger partial charge is 0.410 e. The van der Waals surface area contributed by atoms with Crippen LogP contribution in [0.3, 0.4) is 0 Å². The predicted octanol–water partition coefficient (Wildman–Crippen LogP) is 6.21. The van der Waals surface area contributed by atoms with Gasteiger partial charge in [-0.15, -0.1) is 0 Å². The standard InChI is InChI=1S/C28H29ClFN5O4/c1-28(2,3)39-27(36)35-11-10-18(14-35)38-22-9-7-20-26(34-22)25(17(12-31)13-32-20)33-19-6-8-21(23(29)24(19)30)37-15-16-4-5-16/h6-9,13,16,18H,4-5,10-11,14-15H2,1-3H3,(H,32,33)/t18-/m0/s1. The molecule has 2 fully saturated rings. The third kappa shape index (κ3) is 6.25. The van der Waals surface area contributed by atoms with Crippen LogP contribution in [0, 0.1) is 23.1 Å². The van der Waals surface area contributed by atoms with E-state index in [0.717, 1.165) is 12.8 Å². The number of nitrogens with zero attached hydrogens (tertiary/aromatic N) is 4. The summed E-state index contributed by atoms with van der Waals surface area (Å²) in [4.78, 5) is 22.9. The number of nitriles is 1. The highest BCUT2D eigenvalue weighted by atomic mass is 35.5. The second-order valence-corrected chi connectivity index (χ2v) is 11.1. The van der Waals surface area contributed by atoms with Crippen molar-refractivity contribution >= 4 is 40.1 Å².